The minimum absolute atomic E-state index is 0.519. The van der Waals surface area contributed by atoms with E-state index in [9.17, 15) is 0 Å². The number of methoxy groups -OCH3 is 5. The van der Waals surface area contributed by atoms with E-state index >= 15 is 0 Å². The molecule has 8 nitrogen and oxygen atoms in total. The monoisotopic (exact) mass is 403 g/mol. The van der Waals surface area contributed by atoms with E-state index < -0.39 is 0 Å². The number of nitrogens with one attached hydrogen (secondary N) is 2. The van der Waals surface area contributed by atoms with E-state index in [1.807, 2.05) is 30.3 Å². The zero-order valence-electron chi connectivity index (χ0n) is 17.8. The van der Waals surface area contributed by atoms with Crippen LogP contribution in [0.3, 0.4) is 0 Å². The van der Waals surface area contributed by atoms with E-state index in [1.54, 1.807) is 42.6 Å². The van der Waals surface area contributed by atoms with Crippen LogP contribution >= 0.6 is 0 Å². The van der Waals surface area contributed by atoms with Gasteiger partial charge in [0.25, 0.3) is 0 Å². The number of ether oxygens (including phenoxy) is 5. The zero-order chi connectivity index (χ0) is 21.2. The Labute approximate surface area is 171 Å². The van der Waals surface area contributed by atoms with Crippen LogP contribution in [0, 0.1) is 0 Å². The maximum atomic E-state index is 5.47. The van der Waals surface area contributed by atoms with Gasteiger partial charge in [0.15, 0.2) is 29.0 Å². The summed E-state index contributed by atoms with van der Waals surface area (Å²) >= 11 is 0. The Kier molecular flexibility index (Phi) is 8.27. The van der Waals surface area contributed by atoms with E-state index in [1.165, 1.54) is 0 Å². The van der Waals surface area contributed by atoms with Crippen LogP contribution in [0.4, 0.5) is 0 Å². The Bertz CT molecular complexity index is 814. The molecule has 2 aromatic rings. The second-order valence-electron chi connectivity index (χ2n) is 5.97. The lowest BCUT2D eigenvalue weighted by Gasteiger charge is -2.17. The first-order valence-corrected chi connectivity index (χ1v) is 9.05. The van der Waals surface area contributed by atoms with Gasteiger partial charge in [-0.3, -0.25) is 4.99 Å². The molecule has 0 saturated heterocycles. The number of guanidine groups is 1. The first kappa shape index (κ1) is 22.0. The van der Waals surface area contributed by atoms with Crippen molar-refractivity contribution in [2.45, 2.75) is 13.1 Å². The molecule has 29 heavy (non-hydrogen) atoms. The van der Waals surface area contributed by atoms with Crippen molar-refractivity contribution < 1.29 is 23.7 Å². The van der Waals surface area contributed by atoms with Gasteiger partial charge in [-0.05, 0) is 23.8 Å². The molecule has 0 aromatic heterocycles. The highest BCUT2D eigenvalue weighted by atomic mass is 16.5. The Morgan fingerprint density at radius 3 is 1.86 bits per heavy atom. The summed E-state index contributed by atoms with van der Waals surface area (Å²) in [6.45, 7) is 1.04. The first-order valence-electron chi connectivity index (χ1n) is 9.05. The van der Waals surface area contributed by atoms with Crippen molar-refractivity contribution in [3.8, 4) is 28.7 Å². The molecule has 0 bridgehead atoms. The van der Waals surface area contributed by atoms with Gasteiger partial charge >= 0.3 is 0 Å². The van der Waals surface area contributed by atoms with Crippen LogP contribution in [0.1, 0.15) is 11.1 Å². The molecule has 2 rings (SSSR count). The van der Waals surface area contributed by atoms with Gasteiger partial charge in [0.05, 0.1) is 35.5 Å². The van der Waals surface area contributed by atoms with Gasteiger partial charge in [-0.1, -0.05) is 12.1 Å². The van der Waals surface area contributed by atoms with E-state index in [0.29, 0.717) is 47.8 Å². The van der Waals surface area contributed by atoms with Crippen molar-refractivity contribution in [2.75, 3.05) is 42.6 Å². The molecule has 0 fully saturated rings. The van der Waals surface area contributed by atoms with Crippen molar-refractivity contribution in [1.29, 1.82) is 0 Å². The standard InChI is InChI=1S/C21H29N3O5/c1-22-21(24-13-15-8-7-9-16(25-2)19(15)28-5)23-12-14-10-17(26-3)20(29-6)18(11-14)27-4/h7-11H,12-13H2,1-6H3,(H2,22,23,24). The molecular weight excluding hydrogens is 374 g/mol. The van der Waals surface area contributed by atoms with Gasteiger partial charge in [0.2, 0.25) is 5.75 Å². The lowest BCUT2D eigenvalue weighted by Crippen LogP contribution is -2.36. The number of rotatable bonds is 9. The molecule has 0 aliphatic rings. The molecule has 158 valence electrons. The highest BCUT2D eigenvalue weighted by Gasteiger charge is 2.14. The maximum absolute atomic E-state index is 5.47. The summed E-state index contributed by atoms with van der Waals surface area (Å²) in [7, 11) is 9.73. The third-order valence-electron chi connectivity index (χ3n) is 4.34. The summed E-state index contributed by atoms with van der Waals surface area (Å²) in [5.74, 6) is 3.80. The quantitative estimate of drug-likeness (QED) is 0.492. The average molecular weight is 403 g/mol. The number of hydrogen-bond acceptors (Lipinski definition) is 6. The summed E-state index contributed by atoms with van der Waals surface area (Å²) in [4.78, 5) is 4.27. The predicted octanol–water partition coefficient (Wildman–Crippen LogP) is 2.59. The number of nitrogens with zero attached hydrogens (tertiary/aromatic N) is 1. The van der Waals surface area contributed by atoms with Crippen LogP contribution in [-0.4, -0.2) is 48.6 Å². The fraction of sp³-hybridized carbons (Fsp3) is 0.381. The Balaban J connectivity index is 2.07. The number of benzene rings is 2. The minimum Gasteiger partial charge on any atom is -0.493 e. The molecular formula is C21H29N3O5. The van der Waals surface area contributed by atoms with E-state index in [4.69, 9.17) is 23.7 Å². The second kappa shape index (κ2) is 10.9. The summed E-state index contributed by atoms with van der Waals surface area (Å²) in [6.07, 6.45) is 0. The summed E-state index contributed by atoms with van der Waals surface area (Å²) < 4.78 is 27.0. The molecule has 0 atom stereocenters. The normalized spacial score (nSPS) is 10.9. The molecule has 0 amide bonds. The van der Waals surface area contributed by atoms with Crippen molar-refractivity contribution in [3.05, 3.63) is 41.5 Å². The lowest BCUT2D eigenvalue weighted by atomic mass is 10.1. The third kappa shape index (κ3) is 5.37. The van der Waals surface area contributed by atoms with Gasteiger partial charge in [0.1, 0.15) is 0 Å². The molecule has 2 N–H and O–H groups in total. The van der Waals surface area contributed by atoms with Crippen LogP contribution < -0.4 is 34.3 Å². The first-order chi connectivity index (χ1) is 14.1. The van der Waals surface area contributed by atoms with Gasteiger partial charge in [-0.15, -0.1) is 0 Å². The number of aliphatic imine (C=N–C) groups is 1. The van der Waals surface area contributed by atoms with Crippen molar-refractivity contribution in [3.63, 3.8) is 0 Å². The second-order valence-corrected chi connectivity index (χ2v) is 5.97. The van der Waals surface area contributed by atoms with Crippen LogP contribution in [0.15, 0.2) is 35.3 Å². The summed E-state index contributed by atoms with van der Waals surface area (Å²) in [5, 5.41) is 6.55. The van der Waals surface area contributed by atoms with E-state index in [2.05, 4.69) is 15.6 Å². The third-order valence-corrected chi connectivity index (χ3v) is 4.34. The van der Waals surface area contributed by atoms with Crippen LogP contribution in [-0.2, 0) is 13.1 Å². The highest BCUT2D eigenvalue weighted by Crippen LogP contribution is 2.38. The number of hydrogen-bond donors (Lipinski definition) is 2. The summed E-state index contributed by atoms with van der Waals surface area (Å²) in [6, 6.07) is 9.55. The molecule has 0 radical (unpaired) electrons. The molecule has 0 unspecified atom stereocenters. The van der Waals surface area contributed by atoms with Crippen LogP contribution in [0.2, 0.25) is 0 Å². The Hall–Kier alpha value is -3.29. The topological polar surface area (TPSA) is 82.6 Å². The van der Waals surface area contributed by atoms with Gasteiger partial charge in [-0.2, -0.15) is 0 Å². The molecule has 8 heteroatoms. The fourth-order valence-electron chi connectivity index (χ4n) is 2.92. The Morgan fingerprint density at radius 2 is 1.34 bits per heavy atom. The lowest BCUT2D eigenvalue weighted by molar-refractivity contribution is 0.323. The SMILES string of the molecule is CN=C(NCc1cc(OC)c(OC)c(OC)c1)NCc1cccc(OC)c1OC. The zero-order valence-corrected chi connectivity index (χ0v) is 17.8. The molecule has 0 aliphatic heterocycles. The summed E-state index contributed by atoms with van der Waals surface area (Å²) in [5.41, 5.74) is 1.92. The fourth-order valence-corrected chi connectivity index (χ4v) is 2.92. The molecule has 2 aromatic carbocycles. The van der Waals surface area contributed by atoms with Crippen molar-refractivity contribution in [1.82, 2.24) is 10.6 Å². The van der Waals surface area contributed by atoms with Crippen LogP contribution in [0.5, 0.6) is 28.7 Å². The van der Waals surface area contributed by atoms with Crippen molar-refractivity contribution >= 4 is 5.96 Å². The molecule has 0 spiro atoms. The molecule has 0 heterocycles. The number of para-hydroxylation sites is 1. The largest absolute Gasteiger partial charge is 0.493 e. The smallest absolute Gasteiger partial charge is 0.203 e. The van der Waals surface area contributed by atoms with E-state index in [-0.39, 0.29) is 0 Å². The highest BCUT2D eigenvalue weighted by molar-refractivity contribution is 5.79. The van der Waals surface area contributed by atoms with Crippen molar-refractivity contribution in [2.24, 2.45) is 4.99 Å². The maximum Gasteiger partial charge on any atom is 0.203 e. The van der Waals surface area contributed by atoms with Gasteiger partial charge in [-0.25, -0.2) is 0 Å². The average Bonchev–Trinajstić information content (AvgIpc) is 2.77. The van der Waals surface area contributed by atoms with E-state index in [0.717, 1.165) is 11.1 Å². The Morgan fingerprint density at radius 1 is 0.759 bits per heavy atom. The van der Waals surface area contributed by atoms with Crippen LogP contribution in [0.25, 0.3) is 0 Å². The van der Waals surface area contributed by atoms with Gasteiger partial charge < -0.3 is 34.3 Å². The molecule has 0 aliphatic carbocycles. The predicted molar refractivity (Wildman–Crippen MR) is 113 cm³/mol. The van der Waals surface area contributed by atoms with Gasteiger partial charge in [0, 0.05) is 25.7 Å². The molecule has 0 saturated carbocycles. The minimum atomic E-state index is 0.519.